The molecule has 0 bridgehead atoms. The van der Waals surface area contributed by atoms with Crippen LogP contribution in [0.25, 0.3) is 0 Å². The first-order chi connectivity index (χ1) is 6.59. The van der Waals surface area contributed by atoms with Gasteiger partial charge in [0.05, 0.1) is 5.69 Å². The Bertz CT molecular complexity index is 409. The molecule has 0 aliphatic heterocycles. The van der Waals surface area contributed by atoms with Crippen LogP contribution in [0.2, 0.25) is 0 Å². The largest absolute Gasteiger partial charge is 0.348 e. The maximum Gasteiger partial charge on any atom is 0.266 e. The highest BCUT2D eigenvalue weighted by Gasteiger charge is 2.28. The van der Waals surface area contributed by atoms with E-state index in [0.29, 0.717) is 11.9 Å². The smallest absolute Gasteiger partial charge is 0.266 e. The minimum atomic E-state index is -0.0220. The molecule has 1 aliphatic rings. The van der Waals surface area contributed by atoms with Gasteiger partial charge in [0.25, 0.3) is 5.56 Å². The lowest BCUT2D eigenvalue weighted by Crippen LogP contribution is -2.22. The van der Waals surface area contributed by atoms with Gasteiger partial charge in [0, 0.05) is 20.0 Å². The van der Waals surface area contributed by atoms with Crippen LogP contribution < -0.4 is 10.5 Å². The molecular formula is C9H12IN3O. The molecule has 76 valence electrons. The van der Waals surface area contributed by atoms with Crippen molar-refractivity contribution in [3.8, 4) is 0 Å². The van der Waals surface area contributed by atoms with Crippen LogP contribution in [0.4, 0.5) is 5.95 Å². The Balaban J connectivity index is 2.52. The summed E-state index contributed by atoms with van der Waals surface area (Å²) in [6.07, 6.45) is 2.33. The predicted molar refractivity (Wildman–Crippen MR) is 63.9 cm³/mol. The van der Waals surface area contributed by atoms with Gasteiger partial charge in [0.2, 0.25) is 5.95 Å². The van der Waals surface area contributed by atoms with Gasteiger partial charge in [0.15, 0.2) is 0 Å². The molecule has 5 heteroatoms. The minimum Gasteiger partial charge on any atom is -0.348 e. The Morgan fingerprint density at radius 3 is 2.64 bits per heavy atom. The lowest BCUT2D eigenvalue weighted by molar-refractivity contribution is 0.905. The standard InChI is InChI=1S/C9H12IN3O/c1-13(2)9-11-7(5-3-4-5)6(10)8(14)12-9/h5H,3-4H2,1-2H3,(H,11,12,14). The Kier molecular flexibility index (Phi) is 2.50. The highest BCUT2D eigenvalue weighted by Crippen LogP contribution is 2.40. The van der Waals surface area contributed by atoms with Gasteiger partial charge in [-0.3, -0.25) is 9.78 Å². The van der Waals surface area contributed by atoms with Crippen LogP contribution >= 0.6 is 22.6 Å². The third-order valence-electron chi connectivity index (χ3n) is 2.26. The molecule has 1 N–H and O–H groups in total. The summed E-state index contributed by atoms with van der Waals surface area (Å²) in [6, 6.07) is 0. The molecule has 1 fully saturated rings. The van der Waals surface area contributed by atoms with Crippen molar-refractivity contribution in [2.75, 3.05) is 19.0 Å². The summed E-state index contributed by atoms with van der Waals surface area (Å²) < 4.78 is 0.746. The average Bonchev–Trinajstić information content (AvgIpc) is 2.92. The topological polar surface area (TPSA) is 49.0 Å². The molecule has 1 saturated carbocycles. The molecule has 0 atom stereocenters. The molecule has 1 heterocycles. The fourth-order valence-electron chi connectivity index (χ4n) is 1.30. The van der Waals surface area contributed by atoms with E-state index in [0.717, 1.165) is 9.26 Å². The van der Waals surface area contributed by atoms with Gasteiger partial charge in [0.1, 0.15) is 3.57 Å². The van der Waals surface area contributed by atoms with Crippen LogP contribution in [0.5, 0.6) is 0 Å². The molecular weight excluding hydrogens is 293 g/mol. The molecule has 0 spiro atoms. The van der Waals surface area contributed by atoms with E-state index in [2.05, 4.69) is 32.6 Å². The first kappa shape index (κ1) is 9.95. The van der Waals surface area contributed by atoms with Crippen molar-refractivity contribution in [2.45, 2.75) is 18.8 Å². The summed E-state index contributed by atoms with van der Waals surface area (Å²) in [6.45, 7) is 0. The van der Waals surface area contributed by atoms with Crippen molar-refractivity contribution < 1.29 is 0 Å². The third-order valence-corrected chi connectivity index (χ3v) is 3.31. The summed E-state index contributed by atoms with van der Waals surface area (Å²) in [7, 11) is 3.75. The second kappa shape index (κ2) is 3.52. The lowest BCUT2D eigenvalue weighted by atomic mass is 10.3. The van der Waals surface area contributed by atoms with E-state index >= 15 is 0 Å². The SMILES string of the molecule is CN(C)c1nc(C2CC2)c(I)c(=O)[nH]1. The Morgan fingerprint density at radius 2 is 2.14 bits per heavy atom. The number of nitrogens with zero attached hydrogens (tertiary/aromatic N) is 2. The van der Waals surface area contributed by atoms with E-state index in [9.17, 15) is 4.79 Å². The number of anilines is 1. The summed E-state index contributed by atoms with van der Waals surface area (Å²) in [4.78, 5) is 20.6. The Labute approximate surface area is 95.9 Å². The Hall–Kier alpha value is -0.590. The second-order valence-electron chi connectivity index (χ2n) is 3.76. The third kappa shape index (κ3) is 1.77. The van der Waals surface area contributed by atoms with Crippen molar-refractivity contribution in [1.82, 2.24) is 9.97 Å². The molecule has 1 aromatic rings. The predicted octanol–water partition coefficient (Wildman–Crippen LogP) is 1.32. The number of aromatic amines is 1. The van der Waals surface area contributed by atoms with E-state index < -0.39 is 0 Å². The van der Waals surface area contributed by atoms with Gasteiger partial charge in [-0.15, -0.1) is 0 Å². The van der Waals surface area contributed by atoms with Gasteiger partial charge < -0.3 is 4.90 Å². The number of hydrogen-bond donors (Lipinski definition) is 1. The molecule has 0 aromatic carbocycles. The van der Waals surface area contributed by atoms with E-state index in [1.54, 1.807) is 0 Å². The van der Waals surface area contributed by atoms with Gasteiger partial charge in [-0.25, -0.2) is 4.98 Å². The van der Waals surface area contributed by atoms with Crippen LogP contribution in [-0.2, 0) is 0 Å². The van der Waals surface area contributed by atoms with E-state index in [1.807, 2.05) is 19.0 Å². The molecule has 0 amide bonds. The first-order valence-electron chi connectivity index (χ1n) is 4.56. The van der Waals surface area contributed by atoms with Crippen LogP contribution in [0.3, 0.4) is 0 Å². The molecule has 0 saturated heterocycles. The number of nitrogens with one attached hydrogen (secondary N) is 1. The molecule has 0 radical (unpaired) electrons. The molecule has 1 aliphatic carbocycles. The van der Waals surface area contributed by atoms with Gasteiger partial charge in [-0.1, -0.05) is 0 Å². The van der Waals surface area contributed by atoms with Crippen molar-refractivity contribution in [1.29, 1.82) is 0 Å². The lowest BCUT2D eigenvalue weighted by Gasteiger charge is -2.12. The van der Waals surface area contributed by atoms with Crippen molar-refractivity contribution in [3.05, 3.63) is 19.6 Å². The van der Waals surface area contributed by atoms with Crippen molar-refractivity contribution >= 4 is 28.5 Å². The number of rotatable bonds is 2. The summed E-state index contributed by atoms with van der Waals surface area (Å²) >= 11 is 2.08. The maximum absolute atomic E-state index is 11.6. The summed E-state index contributed by atoms with van der Waals surface area (Å²) in [5, 5.41) is 0. The highest BCUT2D eigenvalue weighted by atomic mass is 127. The van der Waals surface area contributed by atoms with Crippen LogP contribution in [-0.4, -0.2) is 24.1 Å². The zero-order valence-corrected chi connectivity index (χ0v) is 10.3. The number of halogens is 1. The maximum atomic E-state index is 11.6. The summed E-state index contributed by atoms with van der Waals surface area (Å²) in [5.74, 6) is 1.17. The molecule has 2 rings (SSSR count). The molecule has 1 aromatic heterocycles. The normalized spacial score (nSPS) is 15.6. The number of H-pyrrole nitrogens is 1. The fraction of sp³-hybridized carbons (Fsp3) is 0.556. The number of aromatic nitrogens is 2. The highest BCUT2D eigenvalue weighted by molar-refractivity contribution is 14.1. The first-order valence-corrected chi connectivity index (χ1v) is 5.64. The van der Waals surface area contributed by atoms with E-state index in [-0.39, 0.29) is 5.56 Å². The summed E-state index contributed by atoms with van der Waals surface area (Å²) in [5.41, 5.74) is 0.948. The number of hydrogen-bond acceptors (Lipinski definition) is 3. The van der Waals surface area contributed by atoms with E-state index in [4.69, 9.17) is 0 Å². The van der Waals surface area contributed by atoms with E-state index in [1.165, 1.54) is 12.8 Å². The van der Waals surface area contributed by atoms with Crippen molar-refractivity contribution in [3.63, 3.8) is 0 Å². The van der Waals surface area contributed by atoms with Crippen LogP contribution in [0.1, 0.15) is 24.5 Å². The van der Waals surface area contributed by atoms with Gasteiger partial charge >= 0.3 is 0 Å². The van der Waals surface area contributed by atoms with Crippen LogP contribution in [0.15, 0.2) is 4.79 Å². The quantitative estimate of drug-likeness (QED) is 0.838. The van der Waals surface area contributed by atoms with Gasteiger partial charge in [-0.2, -0.15) is 0 Å². The zero-order valence-electron chi connectivity index (χ0n) is 8.17. The monoisotopic (exact) mass is 305 g/mol. The molecule has 0 unspecified atom stereocenters. The van der Waals surface area contributed by atoms with Crippen molar-refractivity contribution in [2.24, 2.45) is 0 Å². The fourth-order valence-corrected chi connectivity index (χ4v) is 2.00. The Morgan fingerprint density at radius 1 is 1.50 bits per heavy atom. The average molecular weight is 305 g/mol. The minimum absolute atomic E-state index is 0.0220. The molecule has 14 heavy (non-hydrogen) atoms. The second-order valence-corrected chi connectivity index (χ2v) is 4.84. The van der Waals surface area contributed by atoms with Gasteiger partial charge in [-0.05, 0) is 35.4 Å². The molecule has 4 nitrogen and oxygen atoms in total. The zero-order chi connectivity index (χ0) is 10.3. The van der Waals surface area contributed by atoms with Crippen LogP contribution in [0, 0.1) is 3.57 Å².